The second-order valence-electron chi connectivity index (χ2n) is 7.80. The predicted octanol–water partition coefficient (Wildman–Crippen LogP) is 2.91. The summed E-state index contributed by atoms with van der Waals surface area (Å²) in [5.74, 6) is -0.854. The van der Waals surface area contributed by atoms with Crippen LogP contribution in [-0.2, 0) is 21.5 Å². The highest BCUT2D eigenvalue weighted by Crippen LogP contribution is 2.22. The second kappa shape index (κ2) is 8.34. The molecule has 2 aromatic carbocycles. The molecule has 0 spiro atoms. The van der Waals surface area contributed by atoms with E-state index in [1.54, 1.807) is 36.4 Å². The monoisotopic (exact) mass is 393 g/mol. The normalized spacial score (nSPS) is 11.4. The summed E-state index contributed by atoms with van der Waals surface area (Å²) in [6, 6.07) is 14.1. The summed E-state index contributed by atoms with van der Waals surface area (Å²) in [5, 5.41) is 8.23. The molecule has 0 radical (unpaired) electrons. The zero-order chi connectivity index (χ0) is 21.0. The summed E-state index contributed by atoms with van der Waals surface area (Å²) in [6.45, 7) is 5.97. The number of benzene rings is 2. The van der Waals surface area contributed by atoms with Crippen molar-refractivity contribution in [2.45, 2.75) is 39.2 Å². The highest BCUT2D eigenvalue weighted by atomic mass is 16.5. The van der Waals surface area contributed by atoms with E-state index in [-0.39, 0.29) is 36.3 Å². The third-order valence-corrected chi connectivity index (χ3v) is 4.59. The van der Waals surface area contributed by atoms with E-state index >= 15 is 0 Å². The van der Waals surface area contributed by atoms with Gasteiger partial charge >= 0.3 is 5.97 Å². The minimum Gasteiger partial charge on any atom is -0.457 e. The first-order chi connectivity index (χ1) is 13.8. The van der Waals surface area contributed by atoms with Crippen LogP contribution in [0.5, 0.6) is 0 Å². The van der Waals surface area contributed by atoms with Crippen LogP contribution in [-0.4, -0.2) is 33.4 Å². The lowest BCUT2D eigenvalue weighted by Gasteiger charge is -2.18. The maximum atomic E-state index is 12.3. The van der Waals surface area contributed by atoms with E-state index in [2.05, 4.69) is 31.1 Å². The molecule has 0 aliphatic carbocycles. The van der Waals surface area contributed by atoms with Gasteiger partial charge in [-0.1, -0.05) is 62.4 Å². The van der Waals surface area contributed by atoms with Gasteiger partial charge in [-0.15, -0.1) is 5.10 Å². The van der Waals surface area contributed by atoms with Crippen molar-refractivity contribution in [3.05, 3.63) is 70.0 Å². The number of aromatic nitrogens is 3. The minimum atomic E-state index is -0.577. The van der Waals surface area contributed by atoms with Gasteiger partial charge in [0.15, 0.2) is 12.4 Å². The molecule has 1 aromatic heterocycles. The van der Waals surface area contributed by atoms with Crippen molar-refractivity contribution in [1.29, 1.82) is 0 Å². The molecule has 29 heavy (non-hydrogen) atoms. The quantitative estimate of drug-likeness (QED) is 0.472. The van der Waals surface area contributed by atoms with Crippen molar-refractivity contribution in [3.63, 3.8) is 0 Å². The number of fused-ring (bicyclic) bond motifs is 1. The van der Waals surface area contributed by atoms with Gasteiger partial charge in [0.25, 0.3) is 5.56 Å². The van der Waals surface area contributed by atoms with Crippen LogP contribution in [0, 0.1) is 0 Å². The maximum absolute atomic E-state index is 12.3. The average molecular weight is 393 g/mol. The van der Waals surface area contributed by atoms with E-state index in [1.165, 1.54) is 0 Å². The van der Waals surface area contributed by atoms with Gasteiger partial charge in [0.1, 0.15) is 5.52 Å². The number of carbonyl (C=O) groups excluding carboxylic acids is 2. The van der Waals surface area contributed by atoms with Crippen molar-refractivity contribution in [3.8, 4) is 0 Å². The number of rotatable bonds is 6. The highest BCUT2D eigenvalue weighted by Gasteiger charge is 2.15. The van der Waals surface area contributed by atoms with Crippen molar-refractivity contribution >= 4 is 22.7 Å². The lowest BCUT2D eigenvalue weighted by molar-refractivity contribution is -0.142. The Balaban J connectivity index is 1.54. The van der Waals surface area contributed by atoms with E-state index in [9.17, 15) is 14.4 Å². The van der Waals surface area contributed by atoms with Crippen molar-refractivity contribution in [2.24, 2.45) is 0 Å². The molecule has 0 atom stereocenters. The number of hydrogen-bond acceptors (Lipinski definition) is 6. The van der Waals surface area contributed by atoms with Crippen LogP contribution < -0.4 is 5.56 Å². The topological polar surface area (TPSA) is 91.2 Å². The molecule has 7 heteroatoms. The Morgan fingerprint density at radius 2 is 1.72 bits per heavy atom. The summed E-state index contributed by atoms with van der Waals surface area (Å²) >= 11 is 0. The summed E-state index contributed by atoms with van der Waals surface area (Å²) < 4.78 is 6.17. The molecule has 1 heterocycles. The zero-order valence-electron chi connectivity index (χ0n) is 16.7. The van der Waals surface area contributed by atoms with E-state index in [1.807, 2.05) is 12.1 Å². The first kappa shape index (κ1) is 20.4. The van der Waals surface area contributed by atoms with Crippen LogP contribution in [0.15, 0.2) is 53.3 Å². The van der Waals surface area contributed by atoms with Gasteiger partial charge in [-0.05, 0) is 23.1 Å². The number of nitrogens with zero attached hydrogens (tertiary/aromatic N) is 3. The standard InChI is InChI=1S/C22H23N3O4/c1-22(2,3)16-10-8-15(9-11-16)19(26)14-29-20(27)12-13-25-21(28)17-6-4-5-7-18(17)23-24-25/h4-11H,12-14H2,1-3H3. The van der Waals surface area contributed by atoms with Crippen LogP contribution in [0.3, 0.4) is 0 Å². The Morgan fingerprint density at radius 1 is 1.03 bits per heavy atom. The fraction of sp³-hybridized carbons (Fsp3) is 0.318. The van der Waals surface area contributed by atoms with Gasteiger partial charge in [-0.2, -0.15) is 0 Å². The number of esters is 1. The Kier molecular flexibility index (Phi) is 5.87. The van der Waals surface area contributed by atoms with E-state index in [0.29, 0.717) is 16.5 Å². The predicted molar refractivity (Wildman–Crippen MR) is 109 cm³/mol. The van der Waals surface area contributed by atoms with Crippen LogP contribution in [0.25, 0.3) is 10.9 Å². The lowest BCUT2D eigenvalue weighted by atomic mass is 9.86. The summed E-state index contributed by atoms with van der Waals surface area (Å²) in [7, 11) is 0. The lowest BCUT2D eigenvalue weighted by Crippen LogP contribution is -2.26. The first-order valence-corrected chi connectivity index (χ1v) is 9.37. The number of carbonyl (C=O) groups is 2. The van der Waals surface area contributed by atoms with Crippen LogP contribution >= 0.6 is 0 Å². The third-order valence-electron chi connectivity index (χ3n) is 4.59. The van der Waals surface area contributed by atoms with E-state index < -0.39 is 5.97 Å². The molecular formula is C22H23N3O4. The summed E-state index contributed by atoms with van der Waals surface area (Å²) in [4.78, 5) is 36.5. The number of ether oxygens (including phenoxy) is 1. The van der Waals surface area contributed by atoms with Gasteiger partial charge in [0.2, 0.25) is 0 Å². The maximum Gasteiger partial charge on any atom is 0.308 e. The fourth-order valence-corrected chi connectivity index (χ4v) is 2.82. The Hall–Kier alpha value is -3.35. The van der Waals surface area contributed by atoms with Gasteiger partial charge in [-0.25, -0.2) is 4.68 Å². The molecule has 7 nitrogen and oxygen atoms in total. The number of aryl methyl sites for hydroxylation is 1. The van der Waals surface area contributed by atoms with Gasteiger partial charge in [0.05, 0.1) is 18.4 Å². The molecular weight excluding hydrogens is 370 g/mol. The SMILES string of the molecule is CC(C)(C)c1ccc(C(=O)COC(=O)CCn2nnc3ccccc3c2=O)cc1. The fourth-order valence-electron chi connectivity index (χ4n) is 2.82. The molecule has 0 amide bonds. The zero-order valence-corrected chi connectivity index (χ0v) is 16.7. The molecule has 3 aromatic rings. The largest absolute Gasteiger partial charge is 0.457 e. The first-order valence-electron chi connectivity index (χ1n) is 9.37. The summed E-state index contributed by atoms with van der Waals surface area (Å²) in [5.41, 5.74) is 1.78. The van der Waals surface area contributed by atoms with Crippen molar-refractivity contribution in [1.82, 2.24) is 15.0 Å². The number of hydrogen-bond donors (Lipinski definition) is 0. The van der Waals surface area contributed by atoms with Crippen LogP contribution in [0.4, 0.5) is 0 Å². The Labute approximate surface area is 168 Å². The van der Waals surface area contributed by atoms with Gasteiger partial charge in [0, 0.05) is 5.56 Å². The Bertz CT molecular complexity index is 1100. The van der Waals surface area contributed by atoms with E-state index in [0.717, 1.165) is 10.2 Å². The van der Waals surface area contributed by atoms with Crippen molar-refractivity contribution in [2.75, 3.05) is 6.61 Å². The van der Waals surface area contributed by atoms with E-state index in [4.69, 9.17) is 4.74 Å². The summed E-state index contributed by atoms with van der Waals surface area (Å²) in [6.07, 6.45) is -0.0802. The second-order valence-corrected chi connectivity index (χ2v) is 7.80. The molecule has 0 unspecified atom stereocenters. The minimum absolute atomic E-state index is 0.00220. The third kappa shape index (κ3) is 4.93. The number of ketones is 1. The van der Waals surface area contributed by atoms with Gasteiger partial charge in [-0.3, -0.25) is 14.4 Å². The molecule has 0 bridgehead atoms. The highest BCUT2D eigenvalue weighted by molar-refractivity contribution is 5.98. The van der Waals surface area contributed by atoms with Gasteiger partial charge < -0.3 is 4.74 Å². The molecule has 0 saturated heterocycles. The van der Waals surface area contributed by atoms with Crippen LogP contribution in [0.2, 0.25) is 0 Å². The molecule has 0 N–H and O–H groups in total. The van der Waals surface area contributed by atoms with Crippen molar-refractivity contribution < 1.29 is 14.3 Å². The molecule has 0 saturated carbocycles. The molecule has 150 valence electrons. The molecule has 0 aliphatic rings. The number of Topliss-reactive ketones (excluding diaryl/α,β-unsaturated/α-hetero) is 1. The Morgan fingerprint density at radius 3 is 2.41 bits per heavy atom. The smallest absolute Gasteiger partial charge is 0.308 e. The molecule has 0 aliphatic heterocycles. The average Bonchev–Trinajstić information content (AvgIpc) is 2.71. The molecule has 3 rings (SSSR count). The molecule has 0 fully saturated rings. The van der Waals surface area contributed by atoms with Crippen LogP contribution in [0.1, 0.15) is 43.1 Å².